The molecule has 3 N–H and O–H groups in total. The molecule has 1 saturated heterocycles. The van der Waals surface area contributed by atoms with Gasteiger partial charge in [-0.05, 0) is 74.2 Å². The number of nitrogens with two attached hydrogens (primary N) is 1. The van der Waals surface area contributed by atoms with Gasteiger partial charge in [-0.25, -0.2) is 14.6 Å². The molecular weight excluding hydrogens is 424 g/mol. The number of halogens is 1. The summed E-state index contributed by atoms with van der Waals surface area (Å²) in [6.45, 7) is 5.69. The highest BCUT2D eigenvalue weighted by molar-refractivity contribution is 6.00. The van der Waals surface area contributed by atoms with Crippen LogP contribution in [-0.4, -0.2) is 39.4 Å². The maximum atomic E-state index is 6.28. The first kappa shape index (κ1) is 22.3. The molecule has 1 aliphatic rings. The van der Waals surface area contributed by atoms with Crippen molar-refractivity contribution in [1.82, 2.24) is 25.1 Å². The van der Waals surface area contributed by atoms with Gasteiger partial charge in [-0.3, -0.25) is 0 Å². The standard InChI is InChI=1S/C24H28N6O.ClH/c1-2-31-20-6-5-17-13-19(4-3-18(17)14-20)22-21-23(25)27-15-28-24(21)30(29-22)12-9-16-7-10-26-11-8-16;/h3-6,13-16,26H,2,7-12H2,1H3,(H2,25,27,28);1H. The Morgan fingerprint density at radius 1 is 1.09 bits per heavy atom. The fourth-order valence-electron chi connectivity index (χ4n) is 4.49. The van der Waals surface area contributed by atoms with Crippen molar-refractivity contribution in [1.29, 1.82) is 0 Å². The van der Waals surface area contributed by atoms with Gasteiger partial charge in [-0.2, -0.15) is 5.10 Å². The summed E-state index contributed by atoms with van der Waals surface area (Å²) in [5.74, 6) is 2.08. The predicted molar refractivity (Wildman–Crippen MR) is 131 cm³/mol. The highest BCUT2D eigenvalue weighted by Gasteiger charge is 2.19. The minimum atomic E-state index is 0. The highest BCUT2D eigenvalue weighted by atomic mass is 35.5. The molecule has 0 unspecified atom stereocenters. The molecule has 0 bridgehead atoms. The summed E-state index contributed by atoms with van der Waals surface area (Å²) < 4.78 is 7.64. The van der Waals surface area contributed by atoms with Crippen molar-refractivity contribution in [3.05, 3.63) is 42.7 Å². The third-order valence-electron chi connectivity index (χ3n) is 6.16. The molecule has 32 heavy (non-hydrogen) atoms. The summed E-state index contributed by atoms with van der Waals surface area (Å²) in [6, 6.07) is 12.5. The summed E-state index contributed by atoms with van der Waals surface area (Å²) in [5.41, 5.74) is 8.95. The zero-order valence-corrected chi connectivity index (χ0v) is 19.1. The van der Waals surface area contributed by atoms with Crippen molar-refractivity contribution in [2.75, 3.05) is 25.4 Å². The smallest absolute Gasteiger partial charge is 0.163 e. The van der Waals surface area contributed by atoms with E-state index in [2.05, 4.69) is 45.6 Å². The molecule has 0 aliphatic carbocycles. The van der Waals surface area contributed by atoms with E-state index < -0.39 is 0 Å². The molecule has 168 valence electrons. The van der Waals surface area contributed by atoms with E-state index >= 15 is 0 Å². The van der Waals surface area contributed by atoms with E-state index in [1.807, 2.05) is 17.7 Å². The Hall–Kier alpha value is -2.90. The van der Waals surface area contributed by atoms with E-state index in [1.54, 1.807) is 0 Å². The van der Waals surface area contributed by atoms with Crippen LogP contribution in [0.4, 0.5) is 5.82 Å². The fraction of sp³-hybridized carbons (Fsp3) is 0.375. The van der Waals surface area contributed by atoms with Gasteiger partial charge in [0.2, 0.25) is 0 Å². The van der Waals surface area contributed by atoms with Crippen molar-refractivity contribution in [2.45, 2.75) is 32.7 Å². The van der Waals surface area contributed by atoms with Crippen LogP contribution >= 0.6 is 12.4 Å². The summed E-state index contributed by atoms with van der Waals surface area (Å²) in [7, 11) is 0. The van der Waals surface area contributed by atoms with Gasteiger partial charge in [0.25, 0.3) is 0 Å². The number of benzene rings is 2. The number of anilines is 1. The molecule has 2 aromatic carbocycles. The number of nitrogens with zero attached hydrogens (tertiary/aromatic N) is 4. The molecule has 1 fully saturated rings. The van der Waals surface area contributed by atoms with E-state index in [4.69, 9.17) is 15.6 Å². The average molecular weight is 453 g/mol. The van der Waals surface area contributed by atoms with E-state index in [-0.39, 0.29) is 12.4 Å². The first-order valence-corrected chi connectivity index (χ1v) is 11.1. The van der Waals surface area contributed by atoms with E-state index in [0.717, 1.165) is 70.8 Å². The van der Waals surface area contributed by atoms with Crippen LogP contribution in [0.25, 0.3) is 33.1 Å². The van der Waals surface area contributed by atoms with Crippen LogP contribution in [0, 0.1) is 5.92 Å². The molecule has 3 heterocycles. The van der Waals surface area contributed by atoms with Gasteiger partial charge in [0.15, 0.2) is 5.65 Å². The lowest BCUT2D eigenvalue weighted by atomic mass is 9.95. The van der Waals surface area contributed by atoms with E-state index in [1.165, 1.54) is 19.2 Å². The molecule has 0 spiro atoms. The molecule has 5 rings (SSSR count). The van der Waals surface area contributed by atoms with Crippen LogP contribution in [0.5, 0.6) is 5.75 Å². The number of hydrogen-bond acceptors (Lipinski definition) is 6. The van der Waals surface area contributed by atoms with Gasteiger partial charge in [-0.1, -0.05) is 18.2 Å². The molecular formula is C24H29ClN6O. The SMILES string of the molecule is CCOc1ccc2cc(-c3nn(CCC4CCNCC4)c4ncnc(N)c34)ccc2c1.Cl. The summed E-state index contributed by atoms with van der Waals surface area (Å²) >= 11 is 0. The lowest BCUT2D eigenvalue weighted by molar-refractivity contribution is 0.334. The number of nitrogen functional groups attached to an aromatic ring is 1. The van der Waals surface area contributed by atoms with Crippen molar-refractivity contribution < 1.29 is 4.74 Å². The van der Waals surface area contributed by atoms with Gasteiger partial charge in [0.05, 0.1) is 12.0 Å². The Bertz CT molecular complexity index is 1220. The monoisotopic (exact) mass is 452 g/mol. The summed E-state index contributed by atoms with van der Waals surface area (Å²) in [5, 5.41) is 11.5. The quantitative estimate of drug-likeness (QED) is 0.449. The Morgan fingerprint density at radius 3 is 2.69 bits per heavy atom. The normalized spacial score (nSPS) is 14.5. The minimum Gasteiger partial charge on any atom is -0.494 e. The molecule has 0 amide bonds. The van der Waals surface area contributed by atoms with Gasteiger partial charge >= 0.3 is 0 Å². The molecule has 4 aromatic rings. The van der Waals surface area contributed by atoms with Gasteiger partial charge in [0, 0.05) is 12.1 Å². The molecule has 7 nitrogen and oxygen atoms in total. The maximum absolute atomic E-state index is 6.28. The molecule has 0 atom stereocenters. The van der Waals surface area contributed by atoms with Crippen LogP contribution in [0.2, 0.25) is 0 Å². The van der Waals surface area contributed by atoms with Gasteiger partial charge in [0.1, 0.15) is 23.6 Å². The zero-order chi connectivity index (χ0) is 21.2. The highest BCUT2D eigenvalue weighted by Crippen LogP contribution is 2.33. The Morgan fingerprint density at radius 2 is 1.88 bits per heavy atom. The van der Waals surface area contributed by atoms with Crippen LogP contribution < -0.4 is 15.8 Å². The number of ether oxygens (including phenoxy) is 1. The van der Waals surface area contributed by atoms with Crippen molar-refractivity contribution in [3.8, 4) is 17.0 Å². The second-order valence-corrected chi connectivity index (χ2v) is 8.17. The first-order valence-electron chi connectivity index (χ1n) is 11.1. The predicted octanol–water partition coefficient (Wildman–Crippen LogP) is 4.44. The van der Waals surface area contributed by atoms with E-state index in [0.29, 0.717) is 12.4 Å². The summed E-state index contributed by atoms with van der Waals surface area (Å²) in [4.78, 5) is 8.77. The largest absolute Gasteiger partial charge is 0.494 e. The first-order chi connectivity index (χ1) is 15.2. The molecule has 0 saturated carbocycles. The Kier molecular flexibility index (Phi) is 6.77. The van der Waals surface area contributed by atoms with Crippen LogP contribution in [0.3, 0.4) is 0 Å². The fourth-order valence-corrected chi connectivity index (χ4v) is 4.49. The molecule has 2 aromatic heterocycles. The number of nitrogens with one attached hydrogen (secondary N) is 1. The van der Waals surface area contributed by atoms with Crippen molar-refractivity contribution in [3.63, 3.8) is 0 Å². The van der Waals surface area contributed by atoms with Crippen LogP contribution in [0.15, 0.2) is 42.7 Å². The van der Waals surface area contributed by atoms with Gasteiger partial charge < -0.3 is 15.8 Å². The lowest BCUT2D eigenvalue weighted by Crippen LogP contribution is -2.28. The summed E-state index contributed by atoms with van der Waals surface area (Å²) in [6.07, 6.45) is 5.06. The van der Waals surface area contributed by atoms with E-state index in [9.17, 15) is 0 Å². The third-order valence-corrected chi connectivity index (χ3v) is 6.16. The Labute approximate surface area is 193 Å². The number of aromatic nitrogens is 4. The van der Waals surface area contributed by atoms with Crippen molar-refractivity contribution >= 4 is 40.0 Å². The minimum absolute atomic E-state index is 0. The second kappa shape index (κ2) is 9.71. The number of aryl methyl sites for hydroxylation is 1. The number of rotatable bonds is 6. The number of hydrogen-bond donors (Lipinski definition) is 2. The zero-order valence-electron chi connectivity index (χ0n) is 18.3. The molecule has 1 aliphatic heterocycles. The average Bonchev–Trinajstić information content (AvgIpc) is 3.18. The molecule has 0 radical (unpaired) electrons. The maximum Gasteiger partial charge on any atom is 0.163 e. The van der Waals surface area contributed by atoms with Crippen LogP contribution in [-0.2, 0) is 6.54 Å². The number of fused-ring (bicyclic) bond motifs is 2. The third kappa shape index (κ3) is 4.36. The lowest BCUT2D eigenvalue weighted by Gasteiger charge is -2.22. The molecule has 8 heteroatoms. The number of piperidine rings is 1. The van der Waals surface area contributed by atoms with Crippen LogP contribution in [0.1, 0.15) is 26.2 Å². The topological polar surface area (TPSA) is 90.9 Å². The van der Waals surface area contributed by atoms with Crippen molar-refractivity contribution in [2.24, 2.45) is 5.92 Å². The Balaban J connectivity index is 0.00000245. The second-order valence-electron chi connectivity index (χ2n) is 8.17. The van der Waals surface area contributed by atoms with Gasteiger partial charge in [-0.15, -0.1) is 12.4 Å².